The molecule has 0 amide bonds. The molecule has 0 saturated carbocycles. The van der Waals surface area contributed by atoms with Gasteiger partial charge in [0.1, 0.15) is 22.4 Å². The zero-order valence-electron chi connectivity index (χ0n) is 31.7. The van der Waals surface area contributed by atoms with E-state index in [2.05, 4.69) is 45.9 Å². The Morgan fingerprint density at radius 1 is 0.617 bits per heavy atom. The zero-order chi connectivity index (χ0) is 43.2. The first kappa shape index (κ1) is 43.3. The number of hydrogen-bond acceptors (Lipinski definition) is 16. The molecule has 0 aliphatic rings. The van der Waals surface area contributed by atoms with Crippen LogP contribution in [0.2, 0.25) is 0 Å². The van der Waals surface area contributed by atoms with Crippen molar-refractivity contribution in [3.05, 3.63) is 131 Å². The molecule has 4 aromatic carbocycles. The summed E-state index contributed by atoms with van der Waals surface area (Å²) in [4.78, 5) is 25.1. The van der Waals surface area contributed by atoms with Crippen LogP contribution < -0.4 is 16.0 Å². The van der Waals surface area contributed by atoms with Gasteiger partial charge in [0, 0.05) is 30.8 Å². The SMILES string of the molecule is Cc1nc(Cc2ccccc2S(=O)(=O)O)nc(Nc2ccc(/C=C/c3ccc(Cc4nc(NCC(C)O)nc(Nc5cccc(S(=O)(=O)O)c5)n4)cc3S(=O)(=O)O)cc2)n1. The van der Waals surface area contributed by atoms with E-state index in [0.29, 0.717) is 28.2 Å². The molecule has 0 bridgehead atoms. The van der Waals surface area contributed by atoms with Gasteiger partial charge < -0.3 is 21.1 Å². The number of rotatable bonds is 16. The van der Waals surface area contributed by atoms with E-state index >= 15 is 0 Å². The van der Waals surface area contributed by atoms with E-state index in [1.165, 1.54) is 54.6 Å². The molecule has 0 aliphatic carbocycles. The van der Waals surface area contributed by atoms with Gasteiger partial charge in [0.05, 0.1) is 15.9 Å². The molecular formula is C38H37N9O10S3. The summed E-state index contributed by atoms with van der Waals surface area (Å²) in [6.07, 6.45) is 2.38. The summed E-state index contributed by atoms with van der Waals surface area (Å²) in [6, 6.07) is 22.6. The lowest BCUT2D eigenvalue weighted by Gasteiger charge is -2.12. The molecule has 7 N–H and O–H groups in total. The predicted molar refractivity (Wildman–Crippen MR) is 221 cm³/mol. The topological polar surface area (TPSA) is 297 Å². The van der Waals surface area contributed by atoms with Crippen LogP contribution in [0.15, 0.2) is 106 Å². The van der Waals surface area contributed by atoms with E-state index in [4.69, 9.17) is 0 Å². The molecule has 0 aliphatic heterocycles. The Bertz CT molecular complexity index is 2920. The minimum Gasteiger partial charge on any atom is -0.392 e. The van der Waals surface area contributed by atoms with Crippen LogP contribution in [0.3, 0.4) is 0 Å². The minimum absolute atomic E-state index is 0.0167. The summed E-state index contributed by atoms with van der Waals surface area (Å²) in [5.74, 6) is 1.02. The molecule has 312 valence electrons. The van der Waals surface area contributed by atoms with Gasteiger partial charge in [0.2, 0.25) is 17.8 Å². The fraction of sp³-hybridized carbons (Fsp3) is 0.158. The molecule has 1 atom stereocenters. The Labute approximate surface area is 345 Å². The average molecular weight is 876 g/mol. The van der Waals surface area contributed by atoms with Gasteiger partial charge >= 0.3 is 0 Å². The van der Waals surface area contributed by atoms with Crippen molar-refractivity contribution < 1.29 is 44.0 Å². The molecule has 2 aromatic heterocycles. The fourth-order valence-electron chi connectivity index (χ4n) is 5.71. The number of aromatic nitrogens is 6. The Balaban J connectivity index is 1.19. The maximum atomic E-state index is 12.6. The van der Waals surface area contributed by atoms with Gasteiger partial charge in [-0.3, -0.25) is 13.7 Å². The summed E-state index contributed by atoms with van der Waals surface area (Å²) in [6.45, 7) is 3.28. The molecule has 6 aromatic rings. The second-order valence-electron chi connectivity index (χ2n) is 13.2. The van der Waals surface area contributed by atoms with Gasteiger partial charge in [0.15, 0.2) is 0 Å². The third kappa shape index (κ3) is 11.9. The number of nitrogens with zero attached hydrogens (tertiary/aromatic N) is 6. The lowest BCUT2D eigenvalue weighted by molar-refractivity contribution is 0.208. The molecule has 60 heavy (non-hydrogen) atoms. The average Bonchev–Trinajstić information content (AvgIpc) is 3.16. The summed E-state index contributed by atoms with van der Waals surface area (Å²) >= 11 is 0. The van der Waals surface area contributed by atoms with Crippen LogP contribution >= 0.6 is 0 Å². The van der Waals surface area contributed by atoms with Gasteiger partial charge in [0.25, 0.3) is 30.4 Å². The molecule has 0 spiro atoms. The van der Waals surface area contributed by atoms with E-state index in [1.807, 2.05) is 0 Å². The second-order valence-corrected chi connectivity index (χ2v) is 17.4. The molecule has 0 fully saturated rings. The van der Waals surface area contributed by atoms with Crippen molar-refractivity contribution in [3.8, 4) is 0 Å². The van der Waals surface area contributed by atoms with Crippen LogP contribution in [0.5, 0.6) is 0 Å². The fourth-order valence-corrected chi connectivity index (χ4v) is 7.69. The zero-order valence-corrected chi connectivity index (χ0v) is 34.1. The van der Waals surface area contributed by atoms with E-state index in [9.17, 15) is 44.0 Å². The standard InChI is InChI=1S/C38H37N9O10S3/c1-23(48)22-39-36-44-34(45-38(47-36)43-30-7-5-8-31(21-30)58(49,50)51)19-26-11-15-27(33(18-26)60(55,56)57)14-10-25-12-16-29(17-13-25)42-37-41-24(2)40-35(46-37)20-28-6-3-4-9-32(28)59(52,53)54/h3-18,21,23,48H,19-20,22H2,1-2H3,(H,49,50,51)(H,52,53,54)(H,55,56,57)(H,40,41,42,46)(H2,39,43,44,45,47)/b14-10+. The van der Waals surface area contributed by atoms with Crippen molar-refractivity contribution in [1.82, 2.24) is 29.9 Å². The van der Waals surface area contributed by atoms with Crippen molar-refractivity contribution in [3.63, 3.8) is 0 Å². The van der Waals surface area contributed by atoms with E-state index in [0.717, 1.165) is 0 Å². The van der Waals surface area contributed by atoms with Crippen molar-refractivity contribution in [1.29, 1.82) is 0 Å². The summed E-state index contributed by atoms with van der Waals surface area (Å²) in [5, 5.41) is 18.6. The smallest absolute Gasteiger partial charge is 0.295 e. The summed E-state index contributed by atoms with van der Waals surface area (Å²) in [7, 11) is -13.7. The Morgan fingerprint density at radius 2 is 1.27 bits per heavy atom. The van der Waals surface area contributed by atoms with Crippen molar-refractivity contribution in [2.75, 3.05) is 22.5 Å². The van der Waals surface area contributed by atoms with Crippen molar-refractivity contribution >= 4 is 71.7 Å². The van der Waals surface area contributed by atoms with Crippen LogP contribution in [0.1, 0.15) is 46.7 Å². The molecular weight excluding hydrogens is 839 g/mol. The third-order valence-corrected chi connectivity index (χ3v) is 11.1. The largest absolute Gasteiger partial charge is 0.392 e. The molecule has 0 saturated heterocycles. The monoisotopic (exact) mass is 875 g/mol. The van der Waals surface area contributed by atoms with Gasteiger partial charge in [-0.15, -0.1) is 0 Å². The van der Waals surface area contributed by atoms with Crippen LogP contribution in [-0.2, 0) is 43.2 Å². The van der Waals surface area contributed by atoms with Crippen LogP contribution in [0.4, 0.5) is 29.2 Å². The maximum absolute atomic E-state index is 12.6. The van der Waals surface area contributed by atoms with Gasteiger partial charge in [-0.2, -0.15) is 50.2 Å². The number of aryl methyl sites for hydroxylation is 1. The van der Waals surface area contributed by atoms with Gasteiger partial charge in [-0.25, -0.2) is 4.98 Å². The minimum atomic E-state index is -4.72. The van der Waals surface area contributed by atoms with Crippen LogP contribution in [-0.4, -0.2) is 86.6 Å². The lowest BCUT2D eigenvalue weighted by Crippen LogP contribution is -2.18. The number of aliphatic hydroxyl groups is 1. The number of benzene rings is 4. The van der Waals surface area contributed by atoms with E-state index in [1.54, 1.807) is 62.4 Å². The van der Waals surface area contributed by atoms with Crippen molar-refractivity contribution in [2.45, 2.75) is 47.5 Å². The molecule has 19 nitrogen and oxygen atoms in total. The number of hydrogen-bond donors (Lipinski definition) is 7. The first-order valence-corrected chi connectivity index (χ1v) is 22.0. The highest BCUT2D eigenvalue weighted by Crippen LogP contribution is 2.25. The molecule has 0 radical (unpaired) electrons. The Hall–Kier alpha value is -6.27. The summed E-state index contributed by atoms with van der Waals surface area (Å²) < 4.78 is 101. The normalized spacial score (nSPS) is 12.6. The molecule has 2 heterocycles. The third-order valence-electron chi connectivity index (χ3n) is 8.36. The highest BCUT2D eigenvalue weighted by atomic mass is 32.2. The first-order chi connectivity index (χ1) is 28.3. The number of anilines is 5. The quantitative estimate of drug-likeness (QED) is 0.0510. The van der Waals surface area contributed by atoms with Gasteiger partial charge in [-0.1, -0.05) is 60.7 Å². The molecule has 22 heteroatoms. The summed E-state index contributed by atoms with van der Waals surface area (Å²) in [5.41, 5.74) is 2.39. The second kappa shape index (κ2) is 17.9. The number of aliphatic hydroxyl groups excluding tert-OH is 1. The van der Waals surface area contributed by atoms with Crippen LogP contribution in [0.25, 0.3) is 12.2 Å². The van der Waals surface area contributed by atoms with Crippen molar-refractivity contribution in [2.24, 2.45) is 0 Å². The number of nitrogens with one attached hydrogen (secondary N) is 3. The van der Waals surface area contributed by atoms with E-state index < -0.39 is 36.5 Å². The first-order valence-electron chi connectivity index (χ1n) is 17.7. The molecule has 6 rings (SSSR count). The van der Waals surface area contributed by atoms with Gasteiger partial charge in [-0.05, 0) is 78.6 Å². The highest BCUT2D eigenvalue weighted by Gasteiger charge is 2.19. The maximum Gasteiger partial charge on any atom is 0.295 e. The lowest BCUT2D eigenvalue weighted by atomic mass is 10.1. The highest BCUT2D eigenvalue weighted by molar-refractivity contribution is 7.86. The van der Waals surface area contributed by atoms with E-state index in [-0.39, 0.29) is 74.8 Å². The predicted octanol–water partition coefficient (Wildman–Crippen LogP) is 4.74. The van der Waals surface area contributed by atoms with Crippen LogP contribution in [0, 0.1) is 6.92 Å². The Morgan fingerprint density at radius 3 is 1.95 bits per heavy atom. The Kier molecular flexibility index (Phi) is 12.9. The molecule has 1 unspecified atom stereocenters.